The lowest BCUT2D eigenvalue weighted by atomic mass is 10.1. The fourth-order valence-corrected chi connectivity index (χ4v) is 7.87. The van der Waals surface area contributed by atoms with Gasteiger partial charge in [0, 0.05) is 19.3 Å². The molecule has 0 saturated heterocycles. The van der Waals surface area contributed by atoms with Crippen molar-refractivity contribution < 1.29 is 28.6 Å². The molecule has 71 heavy (non-hydrogen) atoms. The molecule has 0 aromatic heterocycles. The molecule has 0 aromatic rings. The molecule has 0 aliphatic heterocycles. The first-order valence-corrected chi connectivity index (χ1v) is 29.4. The number of unbranched alkanes of at least 4 members (excludes halogenated alkanes) is 23. The average Bonchev–Trinajstić information content (AvgIpc) is 3.37. The zero-order valence-corrected chi connectivity index (χ0v) is 46.2. The van der Waals surface area contributed by atoms with Crippen LogP contribution >= 0.6 is 0 Å². The Labute approximate surface area is 438 Å². The monoisotopic (exact) mass is 985 g/mol. The first-order valence-electron chi connectivity index (χ1n) is 29.4. The van der Waals surface area contributed by atoms with E-state index >= 15 is 0 Å². The van der Waals surface area contributed by atoms with Crippen molar-refractivity contribution in [3.8, 4) is 0 Å². The summed E-state index contributed by atoms with van der Waals surface area (Å²) in [6.07, 6.45) is 79.5. The maximum absolute atomic E-state index is 12.8. The standard InChI is InChI=1S/C65H108O6/c1-4-7-10-13-16-19-21-23-25-27-29-31-32-34-35-37-39-41-43-46-49-52-55-58-64(67)70-61-62(60-69-63(66)57-54-51-48-45-18-15-12-9-6-3)71-65(68)59-56-53-50-47-44-42-40-38-36-33-30-28-26-24-22-20-17-14-11-8-5-2/h7,10,16,19,22-25,28-31,34-35,39,41,46,49,62H,4-6,8-9,11-15,17-18,20-21,26-27,32-33,36-38,40,42-45,47-48,50-61H2,1-3H3/b10-7-,19-16-,24-22-,25-23-,30-28-,31-29-,35-34-,41-39-,49-46-. The topological polar surface area (TPSA) is 78.9 Å². The summed E-state index contributed by atoms with van der Waals surface area (Å²) in [6, 6.07) is 0. The molecule has 0 rings (SSSR count). The van der Waals surface area contributed by atoms with Crippen LogP contribution in [0.1, 0.15) is 265 Å². The first kappa shape index (κ1) is 67.1. The molecule has 6 nitrogen and oxygen atoms in total. The zero-order valence-electron chi connectivity index (χ0n) is 46.2. The second-order valence-corrected chi connectivity index (χ2v) is 19.2. The summed E-state index contributed by atoms with van der Waals surface area (Å²) in [5.41, 5.74) is 0. The van der Waals surface area contributed by atoms with Crippen LogP contribution in [-0.2, 0) is 28.6 Å². The molecule has 0 fully saturated rings. The van der Waals surface area contributed by atoms with E-state index in [2.05, 4.69) is 130 Å². The number of carbonyl (C=O) groups excluding carboxylic acids is 3. The molecule has 404 valence electrons. The SMILES string of the molecule is CC/C=C\C/C=C\C/C=C\C/C=C\C/C=C\C/C=C\C/C=C\CCCC(=O)OCC(COC(=O)CCCCCCCCCCC)OC(=O)CCCCCCCCCCC/C=C\C/C=C\CCCCCCC. The van der Waals surface area contributed by atoms with Crippen molar-refractivity contribution in [3.63, 3.8) is 0 Å². The van der Waals surface area contributed by atoms with Crippen LogP contribution in [0.3, 0.4) is 0 Å². The van der Waals surface area contributed by atoms with Crippen molar-refractivity contribution in [2.24, 2.45) is 0 Å². The lowest BCUT2D eigenvalue weighted by Gasteiger charge is -2.18. The van der Waals surface area contributed by atoms with Crippen LogP contribution in [0, 0.1) is 0 Å². The molecule has 0 amide bonds. The molecule has 0 aliphatic carbocycles. The number of ether oxygens (including phenoxy) is 3. The van der Waals surface area contributed by atoms with E-state index in [4.69, 9.17) is 14.2 Å². The van der Waals surface area contributed by atoms with Gasteiger partial charge < -0.3 is 14.2 Å². The van der Waals surface area contributed by atoms with E-state index in [1.54, 1.807) is 0 Å². The number of hydrogen-bond donors (Lipinski definition) is 0. The van der Waals surface area contributed by atoms with Gasteiger partial charge in [0.25, 0.3) is 0 Å². The van der Waals surface area contributed by atoms with E-state index < -0.39 is 6.10 Å². The van der Waals surface area contributed by atoms with Crippen LogP contribution in [0.15, 0.2) is 109 Å². The fraction of sp³-hybridized carbons (Fsp3) is 0.677. The molecule has 6 heteroatoms. The number of allylic oxidation sites excluding steroid dienone is 18. The molecular formula is C65H108O6. The van der Waals surface area contributed by atoms with Gasteiger partial charge in [-0.25, -0.2) is 0 Å². The molecule has 0 N–H and O–H groups in total. The number of hydrogen-bond acceptors (Lipinski definition) is 6. The second-order valence-electron chi connectivity index (χ2n) is 19.2. The third kappa shape index (κ3) is 56.9. The Bertz CT molecular complexity index is 1460. The van der Waals surface area contributed by atoms with Crippen molar-refractivity contribution in [2.75, 3.05) is 13.2 Å². The van der Waals surface area contributed by atoms with Gasteiger partial charge in [-0.05, 0) is 103 Å². The van der Waals surface area contributed by atoms with Gasteiger partial charge in [0.1, 0.15) is 13.2 Å². The molecule has 0 saturated carbocycles. The van der Waals surface area contributed by atoms with Crippen LogP contribution in [0.2, 0.25) is 0 Å². The maximum atomic E-state index is 12.8. The van der Waals surface area contributed by atoms with Crippen LogP contribution in [0.5, 0.6) is 0 Å². The highest BCUT2D eigenvalue weighted by Gasteiger charge is 2.19. The Kier molecular flexibility index (Phi) is 55.4. The third-order valence-corrected chi connectivity index (χ3v) is 12.3. The van der Waals surface area contributed by atoms with Gasteiger partial charge in [-0.2, -0.15) is 0 Å². The maximum Gasteiger partial charge on any atom is 0.306 e. The van der Waals surface area contributed by atoms with Crippen LogP contribution in [0.4, 0.5) is 0 Å². The number of esters is 3. The average molecular weight is 986 g/mol. The summed E-state index contributed by atoms with van der Waals surface area (Å²) < 4.78 is 16.8. The Morgan fingerprint density at radius 1 is 0.296 bits per heavy atom. The first-order chi connectivity index (χ1) is 35.0. The zero-order chi connectivity index (χ0) is 51.4. The van der Waals surface area contributed by atoms with E-state index in [1.165, 1.54) is 122 Å². The molecule has 0 aliphatic rings. The van der Waals surface area contributed by atoms with Crippen LogP contribution in [-0.4, -0.2) is 37.2 Å². The normalized spacial score (nSPS) is 12.9. The minimum Gasteiger partial charge on any atom is -0.462 e. The van der Waals surface area contributed by atoms with Gasteiger partial charge in [-0.1, -0.05) is 252 Å². The lowest BCUT2D eigenvalue weighted by molar-refractivity contribution is -0.167. The summed E-state index contributed by atoms with van der Waals surface area (Å²) in [6.45, 7) is 6.45. The van der Waals surface area contributed by atoms with Crippen LogP contribution in [0.25, 0.3) is 0 Å². The fourth-order valence-electron chi connectivity index (χ4n) is 7.87. The van der Waals surface area contributed by atoms with Gasteiger partial charge in [-0.3, -0.25) is 14.4 Å². The second kappa shape index (κ2) is 58.6. The van der Waals surface area contributed by atoms with Crippen molar-refractivity contribution in [2.45, 2.75) is 271 Å². The van der Waals surface area contributed by atoms with Crippen LogP contribution < -0.4 is 0 Å². The Morgan fingerprint density at radius 2 is 0.563 bits per heavy atom. The van der Waals surface area contributed by atoms with Gasteiger partial charge >= 0.3 is 17.9 Å². The Morgan fingerprint density at radius 3 is 0.915 bits per heavy atom. The Balaban J connectivity index is 4.39. The van der Waals surface area contributed by atoms with E-state index in [0.717, 1.165) is 96.3 Å². The summed E-state index contributed by atoms with van der Waals surface area (Å²) in [5, 5.41) is 0. The third-order valence-electron chi connectivity index (χ3n) is 12.3. The molecule has 0 aromatic carbocycles. The molecular weight excluding hydrogens is 877 g/mol. The summed E-state index contributed by atoms with van der Waals surface area (Å²) in [4.78, 5) is 38.1. The smallest absolute Gasteiger partial charge is 0.306 e. The molecule has 0 spiro atoms. The van der Waals surface area contributed by atoms with Gasteiger partial charge in [0.05, 0.1) is 0 Å². The highest BCUT2D eigenvalue weighted by molar-refractivity contribution is 5.71. The molecule has 0 bridgehead atoms. The molecule has 0 heterocycles. The van der Waals surface area contributed by atoms with Gasteiger partial charge in [0.2, 0.25) is 0 Å². The minimum atomic E-state index is -0.804. The highest BCUT2D eigenvalue weighted by atomic mass is 16.6. The lowest BCUT2D eigenvalue weighted by Crippen LogP contribution is -2.30. The van der Waals surface area contributed by atoms with E-state index in [9.17, 15) is 14.4 Å². The molecule has 1 unspecified atom stereocenters. The van der Waals surface area contributed by atoms with Gasteiger partial charge in [0.15, 0.2) is 6.10 Å². The van der Waals surface area contributed by atoms with Crippen molar-refractivity contribution >= 4 is 17.9 Å². The Hall–Kier alpha value is -3.93. The largest absolute Gasteiger partial charge is 0.462 e. The molecule has 1 atom stereocenters. The predicted octanol–water partition coefficient (Wildman–Crippen LogP) is 19.9. The number of carbonyl (C=O) groups is 3. The quantitative estimate of drug-likeness (QED) is 0.0261. The summed E-state index contributed by atoms with van der Waals surface area (Å²) >= 11 is 0. The summed E-state index contributed by atoms with van der Waals surface area (Å²) in [5.74, 6) is -0.966. The van der Waals surface area contributed by atoms with E-state index in [1.807, 2.05) is 0 Å². The minimum absolute atomic E-state index is 0.0977. The van der Waals surface area contributed by atoms with Gasteiger partial charge in [-0.15, -0.1) is 0 Å². The summed E-state index contributed by atoms with van der Waals surface area (Å²) in [7, 11) is 0. The number of rotatable bonds is 52. The molecule has 0 radical (unpaired) electrons. The van der Waals surface area contributed by atoms with E-state index in [0.29, 0.717) is 19.3 Å². The van der Waals surface area contributed by atoms with Crippen molar-refractivity contribution in [1.29, 1.82) is 0 Å². The van der Waals surface area contributed by atoms with E-state index in [-0.39, 0.29) is 37.5 Å². The highest BCUT2D eigenvalue weighted by Crippen LogP contribution is 2.15. The van der Waals surface area contributed by atoms with Crippen molar-refractivity contribution in [1.82, 2.24) is 0 Å². The predicted molar refractivity (Wildman–Crippen MR) is 307 cm³/mol. The van der Waals surface area contributed by atoms with Crippen molar-refractivity contribution in [3.05, 3.63) is 109 Å².